The van der Waals surface area contributed by atoms with E-state index in [1.807, 2.05) is 0 Å². The summed E-state index contributed by atoms with van der Waals surface area (Å²) < 4.78 is 31.6. The summed E-state index contributed by atoms with van der Waals surface area (Å²) in [6, 6.07) is 6.56. The summed E-state index contributed by atoms with van der Waals surface area (Å²) in [5.41, 5.74) is 4.39. The van der Waals surface area contributed by atoms with Crippen molar-refractivity contribution in [3.8, 4) is 0 Å². The van der Waals surface area contributed by atoms with Crippen molar-refractivity contribution in [1.29, 1.82) is 0 Å². The zero-order chi connectivity index (χ0) is 17.9. The molecule has 0 saturated heterocycles. The Balaban J connectivity index is 2.59. The highest BCUT2D eigenvalue weighted by Gasteiger charge is 2.39. The number of hydrogen-bond acceptors (Lipinski definition) is 6. The van der Waals surface area contributed by atoms with Crippen LogP contribution in [0.1, 0.15) is 33.3 Å². The normalized spacial score (nSPS) is 13.1. The van der Waals surface area contributed by atoms with Crippen molar-refractivity contribution >= 4 is 22.8 Å². The van der Waals surface area contributed by atoms with Gasteiger partial charge in [-0.15, -0.1) is 0 Å². The van der Waals surface area contributed by atoms with E-state index in [1.54, 1.807) is 52.0 Å². The van der Waals surface area contributed by atoms with Gasteiger partial charge in [0.2, 0.25) is 10.0 Å². The first-order valence-electron chi connectivity index (χ1n) is 7.22. The minimum absolute atomic E-state index is 0.250. The van der Waals surface area contributed by atoms with Crippen molar-refractivity contribution < 1.29 is 23.2 Å². The fourth-order valence-corrected chi connectivity index (χ4v) is 2.79. The fraction of sp³-hybridized carbons (Fsp3) is 0.571. The number of rotatable bonds is 8. The van der Waals surface area contributed by atoms with Gasteiger partial charge in [-0.1, -0.05) is 12.1 Å². The Kier molecular flexibility index (Phi) is 6.22. The van der Waals surface area contributed by atoms with Gasteiger partial charge < -0.3 is 20.5 Å². The van der Waals surface area contributed by atoms with Gasteiger partial charge in [0.05, 0.1) is 17.0 Å². The van der Waals surface area contributed by atoms with E-state index in [4.69, 9.17) is 10.4 Å². The van der Waals surface area contributed by atoms with Crippen LogP contribution in [0.15, 0.2) is 24.3 Å². The average molecular weight is 344 g/mol. The van der Waals surface area contributed by atoms with Crippen LogP contribution in [0.3, 0.4) is 0 Å². The molecule has 1 aromatic rings. The van der Waals surface area contributed by atoms with Crippen LogP contribution >= 0.6 is 0 Å². The number of hydrogen-bond donors (Lipinski definition) is 4. The van der Waals surface area contributed by atoms with Crippen molar-refractivity contribution in [2.24, 2.45) is 0 Å². The molecule has 0 spiro atoms. The minimum Gasteiger partial charge on any atom is -0.426 e. The third kappa shape index (κ3) is 6.48. The second kappa shape index (κ2) is 7.19. The van der Waals surface area contributed by atoms with Crippen LogP contribution in [-0.4, -0.2) is 43.3 Å². The largest absolute Gasteiger partial charge is 0.470 e. The topological polar surface area (TPSA) is 122 Å². The van der Waals surface area contributed by atoms with Crippen molar-refractivity contribution in [1.82, 2.24) is 4.72 Å². The second-order valence-electron chi connectivity index (χ2n) is 6.49. The lowest BCUT2D eigenvalue weighted by Crippen LogP contribution is -2.52. The van der Waals surface area contributed by atoms with Crippen LogP contribution < -0.4 is 10.5 Å². The first kappa shape index (κ1) is 19.9. The smallest absolute Gasteiger partial charge is 0.426 e. The third-order valence-electron chi connectivity index (χ3n) is 3.69. The molecule has 0 saturated carbocycles. The molecule has 0 aromatic heterocycles. The lowest BCUT2D eigenvalue weighted by molar-refractivity contribution is -0.0999. The summed E-state index contributed by atoms with van der Waals surface area (Å²) in [7, 11) is -5.03. The Labute approximate surface area is 138 Å². The first-order valence-corrected chi connectivity index (χ1v) is 8.88. The molecule has 130 valence electrons. The maximum absolute atomic E-state index is 12.0. The molecule has 0 bridgehead atoms. The number of benzene rings is 1. The number of anilines is 1. The SMILES string of the molecule is CC(C)(O)C(C)(C)OB(O)CNS(=O)(=O)Cc1cccc(N)c1. The van der Waals surface area contributed by atoms with E-state index < -0.39 is 28.3 Å². The molecule has 0 aliphatic carbocycles. The number of nitrogens with two attached hydrogens (primary N) is 1. The van der Waals surface area contributed by atoms with Gasteiger partial charge in [0.1, 0.15) is 0 Å². The highest BCUT2D eigenvalue weighted by molar-refractivity contribution is 7.88. The van der Waals surface area contributed by atoms with E-state index in [2.05, 4.69) is 4.72 Å². The van der Waals surface area contributed by atoms with E-state index in [1.165, 1.54) is 0 Å². The van der Waals surface area contributed by atoms with Gasteiger partial charge in [-0.05, 0) is 45.4 Å². The first-order chi connectivity index (χ1) is 10.3. The molecule has 0 heterocycles. The minimum atomic E-state index is -3.65. The summed E-state index contributed by atoms with van der Waals surface area (Å²) in [5, 5.41) is 19.8. The van der Waals surface area contributed by atoms with Gasteiger partial charge in [0.25, 0.3) is 0 Å². The molecular formula is C14H25BN2O5S. The molecule has 5 N–H and O–H groups in total. The number of sulfonamides is 1. The lowest BCUT2D eigenvalue weighted by atomic mass is 9.83. The van der Waals surface area contributed by atoms with Crippen molar-refractivity contribution in [3.05, 3.63) is 29.8 Å². The standard InChI is InChI=1S/C14H25BN2O5S/c1-13(2,18)14(3,4)22-15(19)10-17-23(20,21)9-11-6-5-7-12(16)8-11/h5-8,17-19H,9-10,16H2,1-4H3. The Morgan fingerprint density at radius 3 is 2.43 bits per heavy atom. The number of aliphatic hydroxyl groups is 1. The number of nitrogen functional groups attached to an aromatic ring is 1. The maximum atomic E-state index is 12.0. The van der Waals surface area contributed by atoms with Gasteiger partial charge in [-0.2, -0.15) is 0 Å². The molecule has 0 unspecified atom stereocenters. The highest BCUT2D eigenvalue weighted by Crippen LogP contribution is 2.25. The van der Waals surface area contributed by atoms with Crippen LogP contribution in [0, 0.1) is 0 Å². The molecule has 23 heavy (non-hydrogen) atoms. The maximum Gasteiger partial charge on any atom is 0.470 e. The Morgan fingerprint density at radius 1 is 1.30 bits per heavy atom. The molecule has 1 aromatic carbocycles. The molecule has 1 rings (SSSR count). The molecular weight excluding hydrogens is 319 g/mol. The van der Waals surface area contributed by atoms with Gasteiger partial charge in [0, 0.05) is 12.1 Å². The molecule has 9 heteroatoms. The second-order valence-corrected chi connectivity index (χ2v) is 8.30. The Hall–Kier alpha value is -1.13. The predicted octanol–water partition coefficient (Wildman–Crippen LogP) is 0.274. The van der Waals surface area contributed by atoms with Crippen LogP contribution in [0.4, 0.5) is 5.69 Å². The molecule has 7 nitrogen and oxygen atoms in total. The molecule has 0 aliphatic rings. The quantitative estimate of drug-likeness (QED) is 0.397. The zero-order valence-corrected chi connectivity index (χ0v) is 14.7. The van der Waals surface area contributed by atoms with Gasteiger partial charge >= 0.3 is 7.12 Å². The lowest BCUT2D eigenvalue weighted by Gasteiger charge is -2.38. The van der Waals surface area contributed by atoms with Crippen molar-refractivity contribution in [2.45, 2.75) is 44.6 Å². The van der Waals surface area contributed by atoms with Gasteiger partial charge in [-0.3, -0.25) is 0 Å². The van der Waals surface area contributed by atoms with Crippen molar-refractivity contribution in [2.75, 3.05) is 12.2 Å². The van der Waals surface area contributed by atoms with Gasteiger partial charge in [-0.25, -0.2) is 13.1 Å². The Morgan fingerprint density at radius 2 is 1.91 bits per heavy atom. The molecule has 0 radical (unpaired) electrons. The number of nitrogens with one attached hydrogen (secondary N) is 1. The summed E-state index contributed by atoms with van der Waals surface area (Å²) in [6.45, 7) is 6.31. The highest BCUT2D eigenvalue weighted by atomic mass is 32.2. The van der Waals surface area contributed by atoms with E-state index in [0.717, 1.165) is 0 Å². The van der Waals surface area contributed by atoms with Crippen LogP contribution in [-0.2, 0) is 20.4 Å². The summed E-state index contributed by atoms with van der Waals surface area (Å²) >= 11 is 0. The summed E-state index contributed by atoms with van der Waals surface area (Å²) in [4.78, 5) is 0. The predicted molar refractivity (Wildman–Crippen MR) is 90.9 cm³/mol. The van der Waals surface area contributed by atoms with E-state index in [-0.39, 0.29) is 12.2 Å². The third-order valence-corrected chi connectivity index (χ3v) is 5.01. The summed E-state index contributed by atoms with van der Waals surface area (Å²) in [5.74, 6) is -0.250. The monoisotopic (exact) mass is 344 g/mol. The Bertz CT molecular complexity index is 628. The molecule has 0 amide bonds. The van der Waals surface area contributed by atoms with Crippen LogP contribution in [0.2, 0.25) is 0 Å². The summed E-state index contributed by atoms with van der Waals surface area (Å²) in [6.07, 6.45) is -0.315. The van der Waals surface area contributed by atoms with E-state index in [0.29, 0.717) is 11.3 Å². The molecule has 0 fully saturated rings. The molecule has 0 aliphatic heterocycles. The van der Waals surface area contributed by atoms with E-state index in [9.17, 15) is 18.5 Å². The average Bonchev–Trinajstić information content (AvgIpc) is 2.34. The fourth-order valence-electron chi connectivity index (χ4n) is 1.68. The van der Waals surface area contributed by atoms with E-state index >= 15 is 0 Å². The van der Waals surface area contributed by atoms with Gasteiger partial charge in [0.15, 0.2) is 0 Å². The van der Waals surface area contributed by atoms with Crippen LogP contribution in [0.25, 0.3) is 0 Å². The molecule has 0 atom stereocenters. The zero-order valence-electron chi connectivity index (χ0n) is 13.9. The van der Waals surface area contributed by atoms with Crippen molar-refractivity contribution in [3.63, 3.8) is 0 Å². The van der Waals surface area contributed by atoms with Crippen LogP contribution in [0.5, 0.6) is 0 Å².